The Morgan fingerprint density at radius 1 is 1.17 bits per heavy atom. The van der Waals surface area contributed by atoms with E-state index in [0.717, 1.165) is 37.1 Å². The predicted molar refractivity (Wildman–Crippen MR) is 112 cm³/mol. The number of amides is 1. The third-order valence-electron chi connectivity index (χ3n) is 6.40. The predicted octanol–water partition coefficient (Wildman–Crippen LogP) is 3.82. The lowest BCUT2D eigenvalue weighted by atomic mass is 9.62. The van der Waals surface area contributed by atoms with Crippen LogP contribution in [0.15, 0.2) is 54.9 Å². The van der Waals surface area contributed by atoms with Crippen molar-refractivity contribution in [2.45, 2.75) is 31.7 Å². The zero-order chi connectivity index (χ0) is 20.7. The molecule has 0 atom stereocenters. The Bertz CT molecular complexity index is 1060. The smallest absolute Gasteiger partial charge is 0.256 e. The molecule has 1 saturated carbocycles. The van der Waals surface area contributed by atoms with E-state index in [2.05, 4.69) is 15.5 Å². The highest BCUT2D eigenvalue weighted by atomic mass is 19.1. The van der Waals surface area contributed by atoms with Crippen LogP contribution in [0.3, 0.4) is 0 Å². The molecule has 1 aliphatic carbocycles. The molecule has 3 fully saturated rings. The minimum atomic E-state index is -0.254. The van der Waals surface area contributed by atoms with Gasteiger partial charge in [-0.25, -0.2) is 4.39 Å². The highest BCUT2D eigenvalue weighted by Gasteiger charge is 2.53. The molecule has 3 heterocycles. The van der Waals surface area contributed by atoms with Crippen LogP contribution in [0, 0.1) is 18.7 Å². The summed E-state index contributed by atoms with van der Waals surface area (Å²) in [6, 6.07) is 12.1. The van der Waals surface area contributed by atoms with Gasteiger partial charge in [-0.15, -0.1) is 0 Å². The van der Waals surface area contributed by atoms with Crippen molar-refractivity contribution >= 4 is 11.6 Å². The van der Waals surface area contributed by atoms with Crippen molar-refractivity contribution in [3.63, 3.8) is 0 Å². The van der Waals surface area contributed by atoms with Gasteiger partial charge in [0.05, 0.1) is 29.2 Å². The van der Waals surface area contributed by atoms with Gasteiger partial charge in [0.25, 0.3) is 5.91 Å². The first-order valence-corrected chi connectivity index (χ1v) is 10.3. The van der Waals surface area contributed by atoms with E-state index in [9.17, 15) is 9.18 Å². The zero-order valence-corrected chi connectivity index (χ0v) is 16.9. The van der Waals surface area contributed by atoms with Crippen molar-refractivity contribution in [1.82, 2.24) is 19.9 Å². The van der Waals surface area contributed by atoms with Crippen molar-refractivity contribution < 1.29 is 9.18 Å². The van der Waals surface area contributed by atoms with Crippen molar-refractivity contribution in [2.24, 2.45) is 5.92 Å². The molecule has 1 aromatic heterocycles. The topological polar surface area (TPSA) is 63.1 Å². The number of aryl methyl sites for hydroxylation is 1. The first kappa shape index (κ1) is 18.8. The summed E-state index contributed by atoms with van der Waals surface area (Å²) in [5.74, 6) is 0.437. The Hall–Kier alpha value is -3.22. The van der Waals surface area contributed by atoms with Crippen LogP contribution in [-0.2, 0) is 0 Å². The van der Waals surface area contributed by atoms with Crippen molar-refractivity contribution in [2.75, 3.05) is 18.4 Å². The minimum absolute atomic E-state index is 0.0151. The second-order valence-corrected chi connectivity index (χ2v) is 8.44. The molecule has 30 heavy (non-hydrogen) atoms. The van der Waals surface area contributed by atoms with Gasteiger partial charge in [0.1, 0.15) is 5.82 Å². The van der Waals surface area contributed by atoms with E-state index in [0.29, 0.717) is 23.7 Å². The average Bonchev–Trinajstić information content (AvgIpc) is 3.27. The van der Waals surface area contributed by atoms with Crippen LogP contribution in [0.25, 0.3) is 5.69 Å². The molecule has 3 aliphatic rings. The molecule has 2 bridgehead atoms. The number of hydrogen-bond acceptors (Lipinski definition) is 4. The number of rotatable bonds is 5. The summed E-state index contributed by atoms with van der Waals surface area (Å²) in [6.07, 6.45) is 6.25. The number of nitrogens with one attached hydrogen (secondary N) is 1. The summed E-state index contributed by atoms with van der Waals surface area (Å²) >= 11 is 0. The van der Waals surface area contributed by atoms with Gasteiger partial charge < -0.3 is 10.2 Å². The molecule has 0 spiro atoms. The lowest BCUT2D eigenvalue weighted by molar-refractivity contribution is -0.0487. The standard InChI is InChI=1S/C23H24FN5O/c1-16-2-7-20(21(12-16)29-26-9-10-27-29)22(30)28-11-8-17-13-23(28,14-17)15-25-19-5-3-18(24)4-6-19/h2-7,9-10,12,17,25H,8,11,13-15H2,1H3. The van der Waals surface area contributed by atoms with Crippen LogP contribution >= 0.6 is 0 Å². The molecule has 0 radical (unpaired) electrons. The zero-order valence-electron chi connectivity index (χ0n) is 16.9. The molecule has 2 aliphatic heterocycles. The summed E-state index contributed by atoms with van der Waals surface area (Å²) in [5, 5.41) is 11.9. The Morgan fingerprint density at radius 3 is 2.63 bits per heavy atom. The van der Waals surface area contributed by atoms with Gasteiger partial charge >= 0.3 is 0 Å². The summed E-state index contributed by atoms with van der Waals surface area (Å²) in [7, 11) is 0. The van der Waals surface area contributed by atoms with Gasteiger partial charge in [0.2, 0.25) is 0 Å². The molecule has 154 valence electrons. The third kappa shape index (κ3) is 3.24. The molecular formula is C23H24FN5O. The molecule has 3 aromatic rings. The van der Waals surface area contributed by atoms with E-state index in [1.165, 1.54) is 16.9 Å². The number of halogens is 1. The quantitative estimate of drug-likeness (QED) is 0.701. The highest BCUT2D eigenvalue weighted by Crippen LogP contribution is 2.49. The van der Waals surface area contributed by atoms with Crippen molar-refractivity contribution in [3.05, 3.63) is 71.8 Å². The molecule has 2 aromatic carbocycles. The monoisotopic (exact) mass is 405 g/mol. The summed E-state index contributed by atoms with van der Waals surface area (Å²) in [6.45, 7) is 3.39. The summed E-state index contributed by atoms with van der Waals surface area (Å²) in [4.78, 5) is 17.2. The van der Waals surface area contributed by atoms with Crippen LogP contribution < -0.4 is 5.32 Å². The van der Waals surface area contributed by atoms with Crippen molar-refractivity contribution in [3.8, 4) is 5.69 Å². The normalized spacial score (nSPS) is 22.5. The molecule has 2 saturated heterocycles. The average molecular weight is 405 g/mol. The maximum atomic E-state index is 13.7. The summed E-state index contributed by atoms with van der Waals surface area (Å²) < 4.78 is 13.2. The first-order chi connectivity index (χ1) is 14.5. The van der Waals surface area contributed by atoms with E-state index >= 15 is 0 Å². The molecule has 0 unspecified atom stereocenters. The number of fused-ring (bicyclic) bond motifs is 2. The third-order valence-corrected chi connectivity index (χ3v) is 6.40. The van der Waals surface area contributed by atoms with Gasteiger partial charge in [0.15, 0.2) is 0 Å². The number of benzene rings is 2. The van der Waals surface area contributed by atoms with Crippen LogP contribution in [0.5, 0.6) is 0 Å². The fraction of sp³-hybridized carbons (Fsp3) is 0.348. The second kappa shape index (κ2) is 7.23. The van der Waals surface area contributed by atoms with E-state index in [4.69, 9.17) is 0 Å². The van der Waals surface area contributed by atoms with Crippen LogP contribution in [0.4, 0.5) is 10.1 Å². The van der Waals surface area contributed by atoms with E-state index in [1.807, 2.05) is 30.0 Å². The summed E-state index contributed by atoms with van der Waals surface area (Å²) in [5.41, 5.74) is 3.02. The van der Waals surface area contributed by atoms with E-state index in [-0.39, 0.29) is 17.3 Å². The largest absolute Gasteiger partial charge is 0.383 e. The van der Waals surface area contributed by atoms with Crippen LogP contribution in [0.1, 0.15) is 35.2 Å². The van der Waals surface area contributed by atoms with Gasteiger partial charge in [0, 0.05) is 18.8 Å². The Balaban J connectivity index is 1.42. The number of aromatic nitrogens is 3. The van der Waals surface area contributed by atoms with Crippen LogP contribution in [0.2, 0.25) is 0 Å². The SMILES string of the molecule is Cc1ccc(C(=O)N2CCC3CC2(CNc2ccc(F)cc2)C3)c(-n2nccn2)c1. The van der Waals surface area contributed by atoms with E-state index < -0.39 is 0 Å². The lowest BCUT2D eigenvalue weighted by Gasteiger charge is -2.59. The molecule has 6 nitrogen and oxygen atoms in total. The molecular weight excluding hydrogens is 381 g/mol. The maximum absolute atomic E-state index is 13.7. The molecule has 1 N–H and O–H groups in total. The van der Waals surface area contributed by atoms with E-state index in [1.54, 1.807) is 24.5 Å². The van der Waals surface area contributed by atoms with Gasteiger partial charge in [-0.1, -0.05) is 6.07 Å². The maximum Gasteiger partial charge on any atom is 0.256 e. The molecule has 7 heteroatoms. The van der Waals surface area contributed by atoms with Crippen molar-refractivity contribution in [1.29, 1.82) is 0 Å². The van der Waals surface area contributed by atoms with Gasteiger partial charge in [-0.05, 0) is 74.1 Å². The fourth-order valence-corrected chi connectivity index (χ4v) is 4.85. The second-order valence-electron chi connectivity index (χ2n) is 8.44. The highest BCUT2D eigenvalue weighted by molar-refractivity contribution is 5.98. The number of carbonyl (C=O) groups excluding carboxylic acids is 1. The molecule has 1 amide bonds. The lowest BCUT2D eigenvalue weighted by Crippen LogP contribution is -2.67. The fourth-order valence-electron chi connectivity index (χ4n) is 4.85. The van der Waals surface area contributed by atoms with Gasteiger partial charge in [-0.3, -0.25) is 4.79 Å². The van der Waals surface area contributed by atoms with Crippen LogP contribution in [-0.4, -0.2) is 44.4 Å². The number of anilines is 1. The number of hydrogen-bond donors (Lipinski definition) is 1. The first-order valence-electron chi connectivity index (χ1n) is 10.3. The molecule has 6 rings (SSSR count). The Labute approximate surface area is 174 Å². The minimum Gasteiger partial charge on any atom is -0.383 e. The number of piperidine rings is 2. The Morgan fingerprint density at radius 2 is 1.90 bits per heavy atom. The Kier molecular flexibility index (Phi) is 4.53. The number of carbonyl (C=O) groups is 1. The number of nitrogens with zero attached hydrogens (tertiary/aromatic N) is 4. The van der Waals surface area contributed by atoms with Gasteiger partial charge in [-0.2, -0.15) is 15.0 Å².